The van der Waals surface area contributed by atoms with Gasteiger partial charge in [0.15, 0.2) is 18.1 Å². The first-order valence-corrected chi connectivity index (χ1v) is 10.3. The number of hydrogen-bond donors (Lipinski definition) is 1. The number of rotatable bonds is 8. The van der Waals surface area contributed by atoms with Crippen LogP contribution in [0, 0.1) is 0 Å². The van der Waals surface area contributed by atoms with Crippen LogP contribution in [-0.2, 0) is 9.53 Å². The van der Waals surface area contributed by atoms with Crippen LogP contribution in [0.1, 0.15) is 27.5 Å². The van der Waals surface area contributed by atoms with E-state index in [1.807, 2.05) is 29.0 Å². The third-order valence-corrected chi connectivity index (χ3v) is 5.31. The van der Waals surface area contributed by atoms with Crippen LogP contribution in [0.5, 0.6) is 11.5 Å². The summed E-state index contributed by atoms with van der Waals surface area (Å²) in [5.41, 5.74) is 2.28. The van der Waals surface area contributed by atoms with E-state index in [1.54, 1.807) is 41.7 Å². The topological polar surface area (TPSA) is 73.9 Å². The Labute approximate surface area is 183 Å². The largest absolute Gasteiger partial charge is 0.493 e. The van der Waals surface area contributed by atoms with Crippen LogP contribution in [0.3, 0.4) is 0 Å². The summed E-state index contributed by atoms with van der Waals surface area (Å²) < 4.78 is 15.3. The monoisotopic (exact) mass is 445 g/mol. The molecule has 1 unspecified atom stereocenters. The van der Waals surface area contributed by atoms with Crippen molar-refractivity contribution in [3.8, 4) is 11.5 Å². The summed E-state index contributed by atoms with van der Waals surface area (Å²) in [5.74, 6) is -0.115. The molecule has 1 heterocycles. The second kappa shape index (κ2) is 10.1. The normalized spacial score (nSPS) is 11.4. The minimum Gasteiger partial charge on any atom is -0.493 e. The number of thiophene rings is 1. The number of esters is 1. The lowest BCUT2D eigenvalue weighted by Gasteiger charge is -2.19. The van der Waals surface area contributed by atoms with E-state index < -0.39 is 5.97 Å². The van der Waals surface area contributed by atoms with Gasteiger partial charge in [-0.3, -0.25) is 4.79 Å². The van der Waals surface area contributed by atoms with Gasteiger partial charge in [0.05, 0.1) is 20.3 Å². The molecule has 8 heteroatoms. The molecule has 0 aliphatic carbocycles. The summed E-state index contributed by atoms with van der Waals surface area (Å²) in [4.78, 5) is 24.3. The molecule has 0 spiro atoms. The third-order valence-electron chi connectivity index (χ3n) is 4.35. The summed E-state index contributed by atoms with van der Waals surface area (Å²) in [6.45, 7) is -0.255. The van der Waals surface area contributed by atoms with Gasteiger partial charge in [0.25, 0.3) is 5.91 Å². The SMILES string of the molecule is COC(=O)COc1ccc(C(=O)NC(c2ccc(Cl)cc2)c2ccsc2)cc1OC. The predicted octanol–water partition coefficient (Wildman–Crippen LogP) is 4.48. The highest BCUT2D eigenvalue weighted by Gasteiger charge is 2.20. The number of carbonyl (C=O) groups is 2. The molecule has 1 atom stereocenters. The molecule has 156 valence electrons. The van der Waals surface area contributed by atoms with Gasteiger partial charge in [0.2, 0.25) is 0 Å². The number of methoxy groups -OCH3 is 2. The maximum absolute atomic E-state index is 13.0. The van der Waals surface area contributed by atoms with Gasteiger partial charge in [-0.25, -0.2) is 4.79 Å². The molecular weight excluding hydrogens is 426 g/mol. The first-order valence-electron chi connectivity index (χ1n) is 8.98. The van der Waals surface area contributed by atoms with Gasteiger partial charge in [-0.1, -0.05) is 23.7 Å². The summed E-state index contributed by atoms with van der Waals surface area (Å²) in [6.07, 6.45) is 0. The van der Waals surface area contributed by atoms with Crippen molar-refractivity contribution in [3.05, 3.63) is 81.0 Å². The lowest BCUT2D eigenvalue weighted by Crippen LogP contribution is -2.29. The molecule has 0 aliphatic heterocycles. The minimum atomic E-state index is -0.513. The fourth-order valence-corrected chi connectivity index (χ4v) is 3.60. The van der Waals surface area contributed by atoms with Crippen molar-refractivity contribution in [1.82, 2.24) is 5.32 Å². The molecule has 3 rings (SSSR count). The van der Waals surface area contributed by atoms with Crippen molar-refractivity contribution in [2.45, 2.75) is 6.04 Å². The number of nitrogens with one attached hydrogen (secondary N) is 1. The highest BCUT2D eigenvalue weighted by atomic mass is 35.5. The minimum absolute atomic E-state index is 0.255. The summed E-state index contributed by atoms with van der Waals surface area (Å²) in [5, 5.41) is 7.63. The highest BCUT2D eigenvalue weighted by Crippen LogP contribution is 2.30. The van der Waals surface area contributed by atoms with E-state index in [4.69, 9.17) is 21.1 Å². The van der Waals surface area contributed by atoms with Crippen molar-refractivity contribution in [2.75, 3.05) is 20.8 Å². The fourth-order valence-electron chi connectivity index (χ4n) is 2.79. The average Bonchev–Trinajstić information content (AvgIpc) is 3.30. The zero-order valence-corrected chi connectivity index (χ0v) is 18.0. The molecule has 30 heavy (non-hydrogen) atoms. The molecule has 0 aliphatic rings. The maximum Gasteiger partial charge on any atom is 0.343 e. The zero-order valence-electron chi connectivity index (χ0n) is 16.4. The smallest absolute Gasteiger partial charge is 0.343 e. The van der Waals surface area contributed by atoms with Gasteiger partial charge >= 0.3 is 5.97 Å². The van der Waals surface area contributed by atoms with E-state index in [-0.39, 0.29) is 18.6 Å². The molecule has 0 saturated carbocycles. The van der Waals surface area contributed by atoms with Gasteiger partial charge in [0, 0.05) is 10.6 Å². The number of hydrogen-bond acceptors (Lipinski definition) is 6. The molecule has 0 bridgehead atoms. The Kier molecular flexibility index (Phi) is 7.32. The molecule has 1 aromatic heterocycles. The van der Waals surface area contributed by atoms with Crippen molar-refractivity contribution < 1.29 is 23.8 Å². The molecule has 0 fully saturated rings. The Balaban J connectivity index is 1.81. The first kappa shape index (κ1) is 21.7. The first-order chi connectivity index (χ1) is 14.5. The lowest BCUT2D eigenvalue weighted by atomic mass is 10.0. The molecule has 6 nitrogen and oxygen atoms in total. The van der Waals surface area contributed by atoms with Crippen molar-refractivity contribution in [1.29, 1.82) is 0 Å². The van der Waals surface area contributed by atoms with Crippen molar-refractivity contribution >= 4 is 34.8 Å². The molecule has 0 radical (unpaired) electrons. The number of benzene rings is 2. The number of halogens is 1. The van der Waals surface area contributed by atoms with Crippen LogP contribution < -0.4 is 14.8 Å². The molecule has 3 aromatic rings. The van der Waals surface area contributed by atoms with E-state index in [0.29, 0.717) is 22.1 Å². The average molecular weight is 446 g/mol. The number of ether oxygens (including phenoxy) is 3. The van der Waals surface area contributed by atoms with Gasteiger partial charge < -0.3 is 19.5 Å². The van der Waals surface area contributed by atoms with Crippen LogP contribution in [0.25, 0.3) is 0 Å². The second-order valence-corrected chi connectivity index (χ2v) is 7.46. The van der Waals surface area contributed by atoms with E-state index in [2.05, 4.69) is 10.1 Å². The van der Waals surface area contributed by atoms with E-state index in [0.717, 1.165) is 11.1 Å². The molecule has 1 amide bonds. The van der Waals surface area contributed by atoms with Gasteiger partial charge in [-0.15, -0.1) is 0 Å². The van der Waals surface area contributed by atoms with Crippen LogP contribution in [0.2, 0.25) is 5.02 Å². The van der Waals surface area contributed by atoms with E-state index >= 15 is 0 Å². The Morgan fingerprint density at radius 3 is 2.43 bits per heavy atom. The number of amides is 1. The van der Waals surface area contributed by atoms with Crippen LogP contribution in [0.4, 0.5) is 0 Å². The number of carbonyl (C=O) groups excluding carboxylic acids is 2. The van der Waals surface area contributed by atoms with Gasteiger partial charge in [-0.2, -0.15) is 11.3 Å². The predicted molar refractivity (Wildman–Crippen MR) is 116 cm³/mol. The Morgan fingerprint density at radius 1 is 1.03 bits per heavy atom. The van der Waals surface area contributed by atoms with Gasteiger partial charge in [0.1, 0.15) is 0 Å². The Morgan fingerprint density at radius 2 is 1.80 bits per heavy atom. The molecule has 0 saturated heterocycles. The zero-order chi connectivity index (χ0) is 21.5. The van der Waals surface area contributed by atoms with Crippen molar-refractivity contribution in [3.63, 3.8) is 0 Å². The third kappa shape index (κ3) is 5.31. The van der Waals surface area contributed by atoms with E-state index in [9.17, 15) is 9.59 Å². The molecule has 1 N–H and O–H groups in total. The Hall–Kier alpha value is -3.03. The van der Waals surface area contributed by atoms with Crippen LogP contribution in [-0.4, -0.2) is 32.7 Å². The van der Waals surface area contributed by atoms with Crippen molar-refractivity contribution in [2.24, 2.45) is 0 Å². The van der Waals surface area contributed by atoms with Gasteiger partial charge in [-0.05, 0) is 58.3 Å². The van der Waals surface area contributed by atoms with Crippen LogP contribution in [0.15, 0.2) is 59.3 Å². The quantitative estimate of drug-likeness (QED) is 0.517. The maximum atomic E-state index is 13.0. The summed E-state index contributed by atoms with van der Waals surface area (Å²) in [7, 11) is 2.74. The van der Waals surface area contributed by atoms with E-state index in [1.165, 1.54) is 14.2 Å². The molecular formula is C22H20ClNO5S. The summed E-state index contributed by atoms with van der Waals surface area (Å²) in [6, 6.07) is 13.7. The lowest BCUT2D eigenvalue weighted by molar-refractivity contribution is -0.142. The fraction of sp³-hybridized carbons (Fsp3) is 0.182. The van der Waals surface area contributed by atoms with Crippen LogP contribution >= 0.6 is 22.9 Å². The molecule has 2 aromatic carbocycles. The second-order valence-electron chi connectivity index (χ2n) is 6.25. The highest BCUT2D eigenvalue weighted by molar-refractivity contribution is 7.08. The standard InChI is InChI=1S/C22H20ClNO5S/c1-27-19-11-15(5-8-18(19)29-12-20(25)28-2)22(26)24-21(16-9-10-30-13-16)14-3-6-17(23)7-4-14/h3-11,13,21H,12H2,1-2H3,(H,24,26). The Bertz CT molecular complexity index is 1000. The summed E-state index contributed by atoms with van der Waals surface area (Å²) >= 11 is 7.56.